The fourth-order valence-corrected chi connectivity index (χ4v) is 2.76. The molecule has 128 valence electrons. The Labute approximate surface area is 133 Å². The van der Waals surface area contributed by atoms with Gasteiger partial charge in [0, 0.05) is 13.2 Å². The Kier molecular flexibility index (Phi) is 17.9. The SMILES string of the molecule is CCCCCCCCCCCCCC(CC)OCCCO. The van der Waals surface area contributed by atoms with Crippen molar-refractivity contribution in [2.45, 2.75) is 110 Å². The molecular weight excluding hydrogens is 260 g/mol. The first-order chi connectivity index (χ1) is 10.3. The van der Waals surface area contributed by atoms with Crippen molar-refractivity contribution in [2.75, 3.05) is 13.2 Å². The zero-order valence-corrected chi connectivity index (χ0v) is 14.7. The standard InChI is InChI=1S/C19H40O2/c1-3-5-6-7-8-9-10-11-12-13-14-16-19(4-2)21-18-15-17-20/h19-20H,3-18H2,1-2H3. The number of ether oxygens (including phenoxy) is 1. The van der Waals surface area contributed by atoms with E-state index in [9.17, 15) is 0 Å². The molecule has 2 nitrogen and oxygen atoms in total. The summed E-state index contributed by atoms with van der Waals surface area (Å²) in [6, 6.07) is 0. The maximum Gasteiger partial charge on any atom is 0.0572 e. The van der Waals surface area contributed by atoms with Crippen molar-refractivity contribution in [3.05, 3.63) is 0 Å². The second-order valence-corrected chi connectivity index (χ2v) is 6.30. The molecule has 21 heavy (non-hydrogen) atoms. The molecule has 0 saturated carbocycles. The second-order valence-electron chi connectivity index (χ2n) is 6.30. The first-order valence-electron chi connectivity index (χ1n) is 9.57. The maximum atomic E-state index is 8.75. The lowest BCUT2D eigenvalue weighted by atomic mass is 10.0. The summed E-state index contributed by atoms with van der Waals surface area (Å²) in [7, 11) is 0. The third kappa shape index (κ3) is 16.1. The Balaban J connectivity index is 3.19. The van der Waals surface area contributed by atoms with Gasteiger partial charge in [0.25, 0.3) is 0 Å². The molecule has 0 spiro atoms. The lowest BCUT2D eigenvalue weighted by molar-refractivity contribution is 0.0349. The highest BCUT2D eigenvalue weighted by atomic mass is 16.5. The van der Waals surface area contributed by atoms with E-state index in [0.717, 1.165) is 12.8 Å². The number of rotatable bonds is 17. The average Bonchev–Trinajstić information content (AvgIpc) is 2.51. The molecule has 0 saturated heterocycles. The summed E-state index contributed by atoms with van der Waals surface area (Å²) < 4.78 is 5.76. The van der Waals surface area contributed by atoms with Gasteiger partial charge in [-0.15, -0.1) is 0 Å². The number of hydrogen-bond donors (Lipinski definition) is 1. The summed E-state index contributed by atoms with van der Waals surface area (Å²) in [5.41, 5.74) is 0. The molecule has 0 bridgehead atoms. The Morgan fingerprint density at radius 2 is 1.24 bits per heavy atom. The Hall–Kier alpha value is -0.0800. The summed E-state index contributed by atoms with van der Waals surface area (Å²) in [5.74, 6) is 0. The third-order valence-electron chi connectivity index (χ3n) is 4.24. The molecule has 1 atom stereocenters. The number of aliphatic hydroxyl groups excluding tert-OH is 1. The van der Waals surface area contributed by atoms with Crippen LogP contribution in [-0.2, 0) is 4.74 Å². The van der Waals surface area contributed by atoms with Gasteiger partial charge in [0.05, 0.1) is 6.10 Å². The van der Waals surface area contributed by atoms with Crippen molar-refractivity contribution in [1.29, 1.82) is 0 Å². The van der Waals surface area contributed by atoms with Crippen LogP contribution in [0, 0.1) is 0 Å². The van der Waals surface area contributed by atoms with Crippen molar-refractivity contribution >= 4 is 0 Å². The molecule has 1 N–H and O–H groups in total. The second kappa shape index (κ2) is 18.0. The molecule has 0 aromatic heterocycles. The predicted molar refractivity (Wildman–Crippen MR) is 92.8 cm³/mol. The van der Waals surface area contributed by atoms with Gasteiger partial charge in [-0.2, -0.15) is 0 Å². The van der Waals surface area contributed by atoms with Gasteiger partial charge in [0.15, 0.2) is 0 Å². The van der Waals surface area contributed by atoms with Crippen molar-refractivity contribution in [3.63, 3.8) is 0 Å². The first kappa shape index (κ1) is 20.9. The first-order valence-corrected chi connectivity index (χ1v) is 9.57. The molecule has 0 aromatic rings. The Bertz CT molecular complexity index is 182. The van der Waals surface area contributed by atoms with Crippen LogP contribution in [0.5, 0.6) is 0 Å². The van der Waals surface area contributed by atoms with Gasteiger partial charge in [-0.25, -0.2) is 0 Å². The van der Waals surface area contributed by atoms with Crippen LogP contribution in [0.1, 0.15) is 104 Å². The number of hydrogen-bond acceptors (Lipinski definition) is 2. The number of aliphatic hydroxyl groups is 1. The summed E-state index contributed by atoms with van der Waals surface area (Å²) in [6.07, 6.45) is 18.9. The minimum absolute atomic E-state index is 0.245. The molecule has 0 fully saturated rings. The molecule has 0 aromatic carbocycles. The van der Waals surface area contributed by atoms with E-state index in [2.05, 4.69) is 13.8 Å². The van der Waals surface area contributed by atoms with Gasteiger partial charge in [0.1, 0.15) is 0 Å². The molecule has 0 aliphatic rings. The van der Waals surface area contributed by atoms with Crippen LogP contribution in [0.4, 0.5) is 0 Å². The third-order valence-corrected chi connectivity index (χ3v) is 4.24. The van der Waals surface area contributed by atoms with Crippen molar-refractivity contribution in [3.8, 4) is 0 Å². The smallest absolute Gasteiger partial charge is 0.0572 e. The zero-order valence-electron chi connectivity index (χ0n) is 14.7. The van der Waals surface area contributed by atoms with Crippen LogP contribution in [0.2, 0.25) is 0 Å². The average molecular weight is 301 g/mol. The highest BCUT2D eigenvalue weighted by Gasteiger charge is 2.05. The van der Waals surface area contributed by atoms with Crippen LogP contribution in [0.15, 0.2) is 0 Å². The predicted octanol–water partition coefficient (Wildman–Crippen LogP) is 5.87. The Morgan fingerprint density at radius 3 is 1.71 bits per heavy atom. The van der Waals surface area contributed by atoms with E-state index in [1.807, 2.05) is 0 Å². The summed E-state index contributed by atoms with van der Waals surface area (Å²) in [6.45, 7) is 5.44. The van der Waals surface area contributed by atoms with Gasteiger partial charge >= 0.3 is 0 Å². The molecule has 0 amide bonds. The minimum atomic E-state index is 0.245. The molecule has 1 unspecified atom stereocenters. The maximum absolute atomic E-state index is 8.75. The van der Waals surface area contributed by atoms with E-state index in [0.29, 0.717) is 12.7 Å². The number of unbranched alkanes of at least 4 members (excludes halogenated alkanes) is 10. The van der Waals surface area contributed by atoms with Gasteiger partial charge in [-0.05, 0) is 19.3 Å². The molecule has 0 radical (unpaired) electrons. The van der Waals surface area contributed by atoms with Crippen LogP contribution < -0.4 is 0 Å². The summed E-state index contributed by atoms with van der Waals surface area (Å²) in [4.78, 5) is 0. The Morgan fingerprint density at radius 1 is 0.714 bits per heavy atom. The van der Waals surface area contributed by atoms with Gasteiger partial charge in [-0.1, -0.05) is 84.5 Å². The molecule has 2 heteroatoms. The van der Waals surface area contributed by atoms with Gasteiger partial charge in [-0.3, -0.25) is 0 Å². The van der Waals surface area contributed by atoms with E-state index in [-0.39, 0.29) is 6.61 Å². The van der Waals surface area contributed by atoms with Crippen molar-refractivity contribution in [1.82, 2.24) is 0 Å². The van der Waals surface area contributed by atoms with Crippen LogP contribution in [0.3, 0.4) is 0 Å². The molecule has 0 aliphatic carbocycles. The lowest BCUT2D eigenvalue weighted by Crippen LogP contribution is -2.13. The van der Waals surface area contributed by atoms with Crippen LogP contribution in [0.25, 0.3) is 0 Å². The van der Waals surface area contributed by atoms with E-state index in [4.69, 9.17) is 9.84 Å². The van der Waals surface area contributed by atoms with E-state index in [1.54, 1.807) is 0 Å². The molecule has 0 aliphatic heterocycles. The molecule has 0 rings (SSSR count). The fourth-order valence-electron chi connectivity index (χ4n) is 2.76. The monoisotopic (exact) mass is 300 g/mol. The summed E-state index contributed by atoms with van der Waals surface area (Å²) in [5, 5.41) is 8.75. The van der Waals surface area contributed by atoms with E-state index >= 15 is 0 Å². The quantitative estimate of drug-likeness (QED) is 0.341. The van der Waals surface area contributed by atoms with E-state index < -0.39 is 0 Å². The molecule has 0 heterocycles. The summed E-state index contributed by atoms with van der Waals surface area (Å²) >= 11 is 0. The van der Waals surface area contributed by atoms with Crippen molar-refractivity contribution < 1.29 is 9.84 Å². The fraction of sp³-hybridized carbons (Fsp3) is 1.00. The minimum Gasteiger partial charge on any atom is -0.396 e. The van der Waals surface area contributed by atoms with Gasteiger partial charge < -0.3 is 9.84 Å². The van der Waals surface area contributed by atoms with E-state index in [1.165, 1.54) is 77.0 Å². The highest BCUT2D eigenvalue weighted by Crippen LogP contribution is 2.14. The topological polar surface area (TPSA) is 29.5 Å². The largest absolute Gasteiger partial charge is 0.396 e. The van der Waals surface area contributed by atoms with Crippen LogP contribution in [-0.4, -0.2) is 24.4 Å². The van der Waals surface area contributed by atoms with Crippen molar-refractivity contribution in [2.24, 2.45) is 0 Å². The zero-order chi connectivity index (χ0) is 15.6. The van der Waals surface area contributed by atoms with Gasteiger partial charge in [0.2, 0.25) is 0 Å². The lowest BCUT2D eigenvalue weighted by Gasteiger charge is -2.15. The van der Waals surface area contributed by atoms with Crippen LogP contribution >= 0.6 is 0 Å². The normalized spacial score (nSPS) is 12.7. The molecular formula is C19H40O2. The highest BCUT2D eigenvalue weighted by molar-refractivity contribution is 4.57.